The first kappa shape index (κ1) is 14.6. The van der Waals surface area contributed by atoms with Gasteiger partial charge in [0.05, 0.1) is 12.8 Å². The molecule has 0 aliphatic heterocycles. The van der Waals surface area contributed by atoms with Crippen LogP contribution < -0.4 is 10.2 Å². The molecule has 0 saturated carbocycles. The van der Waals surface area contributed by atoms with Crippen molar-refractivity contribution >= 4 is 12.3 Å². The van der Waals surface area contributed by atoms with Crippen LogP contribution in [0.2, 0.25) is 0 Å². The van der Waals surface area contributed by atoms with Gasteiger partial charge >= 0.3 is 6.09 Å². The quantitative estimate of drug-likeness (QED) is 0.674. The van der Waals surface area contributed by atoms with E-state index in [0.29, 0.717) is 12.4 Å². The third-order valence-electron chi connectivity index (χ3n) is 2.48. The smallest absolute Gasteiger partial charge is 0.427 e. The van der Waals surface area contributed by atoms with Gasteiger partial charge in [0.1, 0.15) is 11.5 Å². The predicted octanol–water partition coefficient (Wildman–Crippen LogP) is 3.56. The van der Waals surface area contributed by atoms with Crippen LogP contribution in [0, 0.1) is 0 Å². The van der Waals surface area contributed by atoms with Gasteiger partial charge in [-0.2, -0.15) is 5.10 Å². The first-order valence-electron chi connectivity index (χ1n) is 6.56. The molecular formula is C16H16N2O3. The fraction of sp³-hybridized carbons (Fsp3) is 0.125. The Labute approximate surface area is 123 Å². The summed E-state index contributed by atoms with van der Waals surface area (Å²) in [6, 6.07) is 16.9. The number of hydrogen-bond acceptors (Lipinski definition) is 4. The molecule has 0 aliphatic carbocycles. The van der Waals surface area contributed by atoms with Gasteiger partial charge < -0.3 is 9.47 Å². The second kappa shape index (κ2) is 7.69. The Kier molecular flexibility index (Phi) is 5.34. The number of benzene rings is 2. The number of rotatable bonds is 5. The minimum atomic E-state index is -0.578. The average molecular weight is 284 g/mol. The predicted molar refractivity (Wildman–Crippen MR) is 80.7 cm³/mol. The molecule has 2 aromatic rings. The van der Waals surface area contributed by atoms with Gasteiger partial charge in [0.25, 0.3) is 0 Å². The fourth-order valence-electron chi connectivity index (χ4n) is 1.61. The van der Waals surface area contributed by atoms with Crippen molar-refractivity contribution in [2.24, 2.45) is 5.10 Å². The minimum absolute atomic E-state index is 0.307. The molecule has 1 amide bonds. The maximum atomic E-state index is 11.1. The van der Waals surface area contributed by atoms with Gasteiger partial charge in [-0.1, -0.05) is 30.3 Å². The second-order valence-corrected chi connectivity index (χ2v) is 4.08. The molecule has 21 heavy (non-hydrogen) atoms. The lowest BCUT2D eigenvalue weighted by atomic mass is 10.2. The molecule has 1 N–H and O–H groups in total. The number of nitrogens with zero attached hydrogens (tertiary/aromatic N) is 1. The molecule has 0 saturated heterocycles. The summed E-state index contributed by atoms with van der Waals surface area (Å²) < 4.78 is 10.4. The van der Waals surface area contributed by atoms with Crippen LogP contribution in [0.4, 0.5) is 4.79 Å². The van der Waals surface area contributed by atoms with Crippen molar-refractivity contribution in [3.05, 3.63) is 60.2 Å². The van der Waals surface area contributed by atoms with Crippen LogP contribution in [0.15, 0.2) is 59.7 Å². The molecule has 0 heterocycles. The van der Waals surface area contributed by atoms with Crippen LogP contribution in [0.3, 0.4) is 0 Å². The largest absolute Gasteiger partial charge is 0.457 e. The first-order valence-corrected chi connectivity index (χ1v) is 6.56. The SMILES string of the molecule is CCOC(=O)N/N=C/c1cccc(Oc2ccccc2)c1. The normalized spacial score (nSPS) is 10.3. The van der Waals surface area contributed by atoms with Crippen molar-refractivity contribution in [1.29, 1.82) is 0 Å². The van der Waals surface area contributed by atoms with Gasteiger partial charge in [-0.15, -0.1) is 0 Å². The summed E-state index contributed by atoms with van der Waals surface area (Å²) in [5.41, 5.74) is 3.07. The Morgan fingerprint density at radius 1 is 1.14 bits per heavy atom. The fourth-order valence-corrected chi connectivity index (χ4v) is 1.61. The zero-order chi connectivity index (χ0) is 14.9. The Hall–Kier alpha value is -2.82. The lowest BCUT2D eigenvalue weighted by Crippen LogP contribution is -2.18. The molecule has 108 valence electrons. The maximum absolute atomic E-state index is 11.1. The van der Waals surface area contributed by atoms with Crippen LogP contribution in [0.5, 0.6) is 11.5 Å². The summed E-state index contributed by atoms with van der Waals surface area (Å²) in [5, 5.41) is 3.80. The lowest BCUT2D eigenvalue weighted by Gasteiger charge is -2.05. The number of nitrogens with one attached hydrogen (secondary N) is 1. The van der Waals surface area contributed by atoms with Gasteiger partial charge in [-0.05, 0) is 36.8 Å². The second-order valence-electron chi connectivity index (χ2n) is 4.08. The van der Waals surface area contributed by atoms with Crippen LogP contribution in [0.25, 0.3) is 0 Å². The van der Waals surface area contributed by atoms with E-state index < -0.39 is 6.09 Å². The monoisotopic (exact) mass is 284 g/mol. The molecule has 0 unspecified atom stereocenters. The molecule has 0 fully saturated rings. The van der Waals surface area contributed by atoms with Crippen molar-refractivity contribution in [2.75, 3.05) is 6.61 Å². The topological polar surface area (TPSA) is 59.9 Å². The number of ether oxygens (including phenoxy) is 2. The van der Waals surface area contributed by atoms with E-state index in [1.807, 2.05) is 54.6 Å². The van der Waals surface area contributed by atoms with Crippen LogP contribution in [-0.2, 0) is 4.74 Å². The highest BCUT2D eigenvalue weighted by Gasteiger charge is 1.98. The highest BCUT2D eigenvalue weighted by atomic mass is 16.5. The van der Waals surface area contributed by atoms with Gasteiger partial charge in [0.15, 0.2) is 0 Å². The molecule has 0 spiro atoms. The third-order valence-corrected chi connectivity index (χ3v) is 2.48. The molecule has 2 aromatic carbocycles. The zero-order valence-corrected chi connectivity index (χ0v) is 11.7. The van der Waals surface area contributed by atoms with E-state index in [2.05, 4.69) is 10.5 Å². The van der Waals surface area contributed by atoms with Gasteiger partial charge in [-0.3, -0.25) is 0 Å². The Bertz CT molecular complexity index is 612. The van der Waals surface area contributed by atoms with Crippen molar-refractivity contribution < 1.29 is 14.3 Å². The van der Waals surface area contributed by atoms with E-state index in [4.69, 9.17) is 9.47 Å². The summed E-state index contributed by atoms with van der Waals surface area (Å²) in [4.78, 5) is 11.1. The number of hydrazone groups is 1. The zero-order valence-electron chi connectivity index (χ0n) is 11.7. The van der Waals surface area contributed by atoms with Crippen LogP contribution >= 0.6 is 0 Å². The standard InChI is InChI=1S/C16H16N2O3/c1-2-20-16(19)18-17-12-13-7-6-10-15(11-13)21-14-8-4-3-5-9-14/h3-12H,2H2,1H3,(H,18,19)/b17-12+. The summed E-state index contributed by atoms with van der Waals surface area (Å²) >= 11 is 0. The van der Waals surface area contributed by atoms with Crippen molar-refractivity contribution in [3.63, 3.8) is 0 Å². The van der Waals surface area contributed by atoms with E-state index in [-0.39, 0.29) is 0 Å². The molecular weight excluding hydrogens is 268 g/mol. The van der Waals surface area contributed by atoms with E-state index in [0.717, 1.165) is 11.3 Å². The third kappa shape index (κ3) is 4.99. The lowest BCUT2D eigenvalue weighted by molar-refractivity contribution is 0.152. The first-order chi connectivity index (χ1) is 10.3. The molecule has 5 heteroatoms. The Balaban J connectivity index is 1.98. The maximum Gasteiger partial charge on any atom is 0.427 e. The van der Waals surface area contributed by atoms with Crippen LogP contribution in [0.1, 0.15) is 12.5 Å². The number of hydrogen-bond donors (Lipinski definition) is 1. The number of carbonyl (C=O) groups excluding carboxylic acids is 1. The molecule has 5 nitrogen and oxygen atoms in total. The molecule has 0 atom stereocenters. The van der Waals surface area contributed by atoms with E-state index in [1.165, 1.54) is 6.21 Å². The highest BCUT2D eigenvalue weighted by molar-refractivity contribution is 5.81. The van der Waals surface area contributed by atoms with Crippen molar-refractivity contribution in [2.45, 2.75) is 6.92 Å². The molecule has 0 aromatic heterocycles. The average Bonchev–Trinajstić information content (AvgIpc) is 2.49. The van der Waals surface area contributed by atoms with E-state index in [9.17, 15) is 4.79 Å². The number of carbonyl (C=O) groups is 1. The molecule has 2 rings (SSSR count). The Morgan fingerprint density at radius 3 is 2.67 bits per heavy atom. The number of amides is 1. The van der Waals surface area contributed by atoms with Gasteiger partial charge in [0, 0.05) is 0 Å². The van der Waals surface area contributed by atoms with Crippen molar-refractivity contribution in [3.8, 4) is 11.5 Å². The number of para-hydroxylation sites is 1. The van der Waals surface area contributed by atoms with Crippen LogP contribution in [-0.4, -0.2) is 18.9 Å². The molecule has 0 aliphatic rings. The summed E-state index contributed by atoms with van der Waals surface area (Å²) in [6.07, 6.45) is 0.944. The molecule has 0 radical (unpaired) electrons. The summed E-state index contributed by atoms with van der Waals surface area (Å²) in [6.45, 7) is 2.04. The van der Waals surface area contributed by atoms with Gasteiger partial charge in [0.2, 0.25) is 0 Å². The Morgan fingerprint density at radius 2 is 1.90 bits per heavy atom. The molecule has 0 bridgehead atoms. The highest BCUT2D eigenvalue weighted by Crippen LogP contribution is 2.21. The van der Waals surface area contributed by atoms with E-state index >= 15 is 0 Å². The minimum Gasteiger partial charge on any atom is -0.457 e. The van der Waals surface area contributed by atoms with E-state index in [1.54, 1.807) is 6.92 Å². The van der Waals surface area contributed by atoms with Crippen molar-refractivity contribution in [1.82, 2.24) is 5.43 Å². The van der Waals surface area contributed by atoms with Gasteiger partial charge in [-0.25, -0.2) is 10.2 Å². The summed E-state index contributed by atoms with van der Waals surface area (Å²) in [7, 11) is 0. The summed E-state index contributed by atoms with van der Waals surface area (Å²) in [5.74, 6) is 1.46.